The average molecular weight is 486 g/mol. The number of nitrogens with one attached hydrogen (secondary N) is 1. The molecule has 0 saturated heterocycles. The van der Waals surface area contributed by atoms with Crippen LogP contribution in [0.3, 0.4) is 0 Å². The lowest BCUT2D eigenvalue weighted by molar-refractivity contribution is -0.0583. The highest BCUT2D eigenvalue weighted by atomic mass is 16.6. The maximum absolute atomic E-state index is 12.4. The van der Waals surface area contributed by atoms with E-state index >= 15 is 0 Å². The topological polar surface area (TPSA) is 38.3 Å². The Hall–Kier alpha value is -0.990. The summed E-state index contributed by atoms with van der Waals surface area (Å²) in [6.45, 7) is 18.6. The molecule has 3 fully saturated rings. The van der Waals surface area contributed by atoms with Crippen LogP contribution in [0.5, 0.6) is 0 Å². The summed E-state index contributed by atoms with van der Waals surface area (Å²) in [6, 6.07) is 0. The highest BCUT2D eigenvalue weighted by molar-refractivity contribution is 5.68. The maximum Gasteiger partial charge on any atom is 0.407 e. The van der Waals surface area contributed by atoms with Crippen LogP contribution in [0.1, 0.15) is 126 Å². The predicted octanol–water partition coefficient (Wildman–Crippen LogP) is 8.92. The molecule has 35 heavy (non-hydrogen) atoms. The first kappa shape index (κ1) is 27.1. The molecule has 0 aromatic rings. The third kappa shape index (κ3) is 5.49. The van der Waals surface area contributed by atoms with Gasteiger partial charge < -0.3 is 10.1 Å². The fourth-order valence-electron chi connectivity index (χ4n) is 9.24. The van der Waals surface area contributed by atoms with Gasteiger partial charge in [0, 0.05) is 12.0 Å². The van der Waals surface area contributed by atoms with Crippen LogP contribution in [0.2, 0.25) is 0 Å². The Morgan fingerprint density at radius 3 is 2.49 bits per heavy atom. The molecule has 200 valence electrons. The summed E-state index contributed by atoms with van der Waals surface area (Å²) < 4.78 is 5.88. The van der Waals surface area contributed by atoms with Gasteiger partial charge in [0.2, 0.25) is 0 Å². The third-order valence-corrected chi connectivity index (χ3v) is 11.0. The lowest BCUT2D eigenvalue weighted by Crippen LogP contribution is -2.51. The second-order valence-electron chi connectivity index (χ2n) is 14.9. The van der Waals surface area contributed by atoms with Crippen molar-refractivity contribution in [2.24, 2.45) is 46.3 Å². The fraction of sp³-hybridized carbons (Fsp3) is 0.906. The van der Waals surface area contributed by atoms with Gasteiger partial charge in [-0.3, -0.25) is 0 Å². The van der Waals surface area contributed by atoms with E-state index in [1.165, 1.54) is 57.8 Å². The summed E-state index contributed by atoms with van der Waals surface area (Å²) in [5.41, 5.74) is 2.20. The molecule has 0 aromatic heterocycles. The number of hydrogen-bond acceptors (Lipinski definition) is 2. The van der Waals surface area contributed by atoms with E-state index in [1.54, 1.807) is 5.57 Å². The standard InChI is InChI=1S/C32H55NO2/c1-21(2)10-9-11-22(3)26-14-15-27-25-13-12-23-20-24(35-29(34)33-30(4,5)6)16-18-31(23,7)28(25)17-19-32(26,27)8/h12,21-22,24-28H,9-11,13-20H2,1-8H3,(H,33,34)/t22-,24?,25?,26-,27?,28?,31+,32-/m1/s1. The van der Waals surface area contributed by atoms with Gasteiger partial charge in [-0.1, -0.05) is 65.5 Å². The minimum atomic E-state index is -0.256. The molecule has 4 unspecified atom stereocenters. The first-order valence-electron chi connectivity index (χ1n) is 15.0. The number of carbonyl (C=O) groups is 1. The van der Waals surface area contributed by atoms with E-state index in [2.05, 4.69) is 46.0 Å². The van der Waals surface area contributed by atoms with Gasteiger partial charge in [0.1, 0.15) is 6.10 Å². The number of amides is 1. The van der Waals surface area contributed by atoms with E-state index in [9.17, 15) is 4.79 Å². The molecule has 0 heterocycles. The van der Waals surface area contributed by atoms with Crippen LogP contribution in [0.15, 0.2) is 11.6 Å². The zero-order chi connectivity index (χ0) is 25.6. The van der Waals surface area contributed by atoms with Crippen LogP contribution < -0.4 is 5.32 Å². The third-order valence-electron chi connectivity index (χ3n) is 11.0. The number of fused-ring (bicyclic) bond motifs is 5. The molecule has 0 spiro atoms. The Balaban J connectivity index is 1.42. The minimum absolute atomic E-state index is 0.0321. The highest BCUT2D eigenvalue weighted by Crippen LogP contribution is 2.67. The molecule has 4 aliphatic carbocycles. The molecule has 3 nitrogen and oxygen atoms in total. The van der Waals surface area contributed by atoms with E-state index in [0.717, 1.165) is 48.3 Å². The number of rotatable bonds is 6. The zero-order valence-electron chi connectivity index (χ0n) is 24.2. The molecule has 3 saturated carbocycles. The fourth-order valence-corrected chi connectivity index (χ4v) is 9.24. The zero-order valence-corrected chi connectivity index (χ0v) is 24.2. The Morgan fingerprint density at radius 2 is 1.80 bits per heavy atom. The largest absolute Gasteiger partial charge is 0.446 e. The van der Waals surface area contributed by atoms with E-state index < -0.39 is 0 Å². The van der Waals surface area contributed by atoms with Gasteiger partial charge in [-0.15, -0.1) is 0 Å². The molecular formula is C32H55NO2. The molecular weight excluding hydrogens is 430 g/mol. The van der Waals surface area contributed by atoms with Crippen LogP contribution in [0.25, 0.3) is 0 Å². The highest BCUT2D eigenvalue weighted by Gasteiger charge is 2.59. The summed E-state index contributed by atoms with van der Waals surface area (Å²) in [7, 11) is 0. The summed E-state index contributed by atoms with van der Waals surface area (Å²) in [5.74, 6) is 5.21. The Kier molecular flexibility index (Phi) is 7.77. The number of alkyl carbamates (subject to hydrolysis) is 1. The van der Waals surface area contributed by atoms with E-state index in [-0.39, 0.29) is 17.7 Å². The van der Waals surface area contributed by atoms with Crippen LogP contribution >= 0.6 is 0 Å². The van der Waals surface area contributed by atoms with Gasteiger partial charge in [-0.05, 0) is 112 Å². The van der Waals surface area contributed by atoms with Crippen LogP contribution in [-0.2, 0) is 4.74 Å². The molecule has 0 radical (unpaired) electrons. The Morgan fingerprint density at radius 1 is 1.06 bits per heavy atom. The van der Waals surface area contributed by atoms with Crippen LogP contribution in [0, 0.1) is 46.3 Å². The SMILES string of the molecule is CC(C)CCC[C@@H](C)[C@H]1CCC2C3CC=C4CC(OC(=O)NC(C)(C)C)CC[C@]4(C)C3CC[C@@]21C. The molecule has 3 heteroatoms. The van der Waals surface area contributed by atoms with E-state index in [1.807, 2.05) is 20.8 Å². The van der Waals surface area contributed by atoms with Gasteiger partial charge in [-0.25, -0.2) is 4.79 Å². The summed E-state index contributed by atoms with van der Waals surface area (Å²) in [6.07, 6.45) is 16.7. The average Bonchev–Trinajstić information content (AvgIpc) is 3.09. The van der Waals surface area contributed by atoms with E-state index in [4.69, 9.17) is 4.74 Å². The number of ether oxygens (including phenoxy) is 1. The second kappa shape index (κ2) is 10.1. The van der Waals surface area contributed by atoms with Gasteiger partial charge in [-0.2, -0.15) is 0 Å². The van der Waals surface area contributed by atoms with Gasteiger partial charge >= 0.3 is 6.09 Å². The molecule has 4 aliphatic rings. The van der Waals surface area contributed by atoms with Crippen molar-refractivity contribution in [1.82, 2.24) is 5.32 Å². The van der Waals surface area contributed by atoms with Gasteiger partial charge in [0.05, 0.1) is 0 Å². The molecule has 0 bridgehead atoms. The molecule has 4 rings (SSSR count). The summed E-state index contributed by atoms with van der Waals surface area (Å²) >= 11 is 0. The first-order chi connectivity index (χ1) is 16.3. The quantitative estimate of drug-likeness (QED) is 0.381. The van der Waals surface area contributed by atoms with E-state index in [0.29, 0.717) is 10.8 Å². The monoisotopic (exact) mass is 485 g/mol. The Labute approximate surface area is 216 Å². The molecule has 8 atom stereocenters. The molecule has 1 N–H and O–H groups in total. The summed E-state index contributed by atoms with van der Waals surface area (Å²) in [4.78, 5) is 12.4. The van der Waals surface area contributed by atoms with Crippen molar-refractivity contribution < 1.29 is 9.53 Å². The van der Waals surface area contributed by atoms with Crippen molar-refractivity contribution in [3.8, 4) is 0 Å². The minimum Gasteiger partial charge on any atom is -0.446 e. The maximum atomic E-state index is 12.4. The molecule has 0 aliphatic heterocycles. The van der Waals surface area contributed by atoms with Crippen molar-refractivity contribution in [3.05, 3.63) is 11.6 Å². The summed E-state index contributed by atoms with van der Waals surface area (Å²) in [5, 5.41) is 2.97. The second-order valence-corrected chi connectivity index (χ2v) is 14.9. The Bertz CT molecular complexity index is 794. The first-order valence-corrected chi connectivity index (χ1v) is 15.0. The molecule has 0 aromatic carbocycles. The van der Waals surface area contributed by atoms with Crippen molar-refractivity contribution in [1.29, 1.82) is 0 Å². The molecule has 1 amide bonds. The lowest BCUT2D eigenvalue weighted by atomic mass is 9.47. The van der Waals surface area contributed by atoms with Gasteiger partial charge in [0.15, 0.2) is 0 Å². The number of carbonyl (C=O) groups excluding carboxylic acids is 1. The number of hydrogen-bond donors (Lipinski definition) is 1. The van der Waals surface area contributed by atoms with Crippen LogP contribution in [-0.4, -0.2) is 17.7 Å². The van der Waals surface area contributed by atoms with Crippen LogP contribution in [0.4, 0.5) is 4.79 Å². The van der Waals surface area contributed by atoms with Crippen molar-refractivity contribution >= 4 is 6.09 Å². The lowest BCUT2D eigenvalue weighted by Gasteiger charge is -2.58. The number of allylic oxidation sites excluding steroid dienone is 1. The van der Waals surface area contributed by atoms with Crippen molar-refractivity contribution in [2.75, 3.05) is 0 Å². The predicted molar refractivity (Wildman–Crippen MR) is 146 cm³/mol. The smallest absolute Gasteiger partial charge is 0.407 e. The van der Waals surface area contributed by atoms with Crippen molar-refractivity contribution in [3.63, 3.8) is 0 Å². The normalized spacial score (nSPS) is 39.8. The van der Waals surface area contributed by atoms with Crippen molar-refractivity contribution in [2.45, 2.75) is 138 Å². The van der Waals surface area contributed by atoms with Gasteiger partial charge in [0.25, 0.3) is 0 Å².